The Morgan fingerprint density at radius 3 is 2.59 bits per heavy atom. The van der Waals surface area contributed by atoms with Crippen LogP contribution in [0.1, 0.15) is 31.1 Å². The first-order valence-corrected chi connectivity index (χ1v) is 8.29. The maximum absolute atomic E-state index is 15.0. The van der Waals surface area contributed by atoms with E-state index in [0.717, 1.165) is 16.7 Å². The number of carbonyl (C=O) groups is 1. The molecule has 0 aliphatic carbocycles. The predicted molar refractivity (Wildman–Crippen MR) is 96.5 cm³/mol. The summed E-state index contributed by atoms with van der Waals surface area (Å²) in [5, 5.41) is 9.32. The van der Waals surface area contributed by atoms with Crippen LogP contribution in [0, 0.1) is 5.82 Å². The molecule has 0 fully saturated rings. The number of aromatic nitrogens is 1. The Kier molecular flexibility index (Phi) is 3.53. The zero-order chi connectivity index (χ0) is 19.5. The molecule has 1 aliphatic heterocycles. The number of halogens is 1. The van der Waals surface area contributed by atoms with Gasteiger partial charge in [-0.3, -0.25) is 9.20 Å². The van der Waals surface area contributed by atoms with Gasteiger partial charge in [0.05, 0.1) is 11.8 Å². The van der Waals surface area contributed by atoms with Crippen LogP contribution in [0.4, 0.5) is 4.39 Å². The largest absolute Gasteiger partial charge is 0.484 e. The van der Waals surface area contributed by atoms with Crippen LogP contribution in [0.25, 0.3) is 16.6 Å². The van der Waals surface area contributed by atoms with Gasteiger partial charge in [0.25, 0.3) is 5.56 Å². The minimum absolute atomic E-state index is 0.0121. The van der Waals surface area contributed by atoms with Gasteiger partial charge in [-0.25, -0.2) is 9.18 Å². The van der Waals surface area contributed by atoms with Gasteiger partial charge in [0.2, 0.25) is 0 Å². The van der Waals surface area contributed by atoms with Crippen LogP contribution >= 0.6 is 0 Å². The number of rotatable bonds is 2. The van der Waals surface area contributed by atoms with Gasteiger partial charge < -0.3 is 14.6 Å². The Morgan fingerprint density at radius 2 is 1.93 bits per heavy atom. The van der Waals surface area contributed by atoms with Gasteiger partial charge in [-0.15, -0.1) is 0 Å². The number of hydrogen-bond donors (Lipinski definition) is 1. The third-order valence-electron chi connectivity index (χ3n) is 4.14. The van der Waals surface area contributed by atoms with E-state index in [2.05, 4.69) is 0 Å². The summed E-state index contributed by atoms with van der Waals surface area (Å²) in [5.41, 5.74) is -0.850. The monoisotopic (exact) mass is 369 g/mol. The summed E-state index contributed by atoms with van der Waals surface area (Å²) in [4.78, 5) is 24.0. The Bertz CT molecular complexity index is 1170. The highest BCUT2D eigenvalue weighted by molar-refractivity contribution is 5.97. The van der Waals surface area contributed by atoms with Gasteiger partial charge in [-0.1, -0.05) is 18.2 Å². The van der Waals surface area contributed by atoms with Gasteiger partial charge in [-0.2, -0.15) is 0 Å². The number of benzene rings is 1. The van der Waals surface area contributed by atoms with Crippen LogP contribution in [0.2, 0.25) is 0 Å². The molecule has 0 amide bonds. The fraction of sp³-hybridized carbons (Fsp3) is 0.200. The fourth-order valence-electron chi connectivity index (χ4n) is 3.14. The second-order valence-electron chi connectivity index (χ2n) is 7.24. The van der Waals surface area contributed by atoms with Crippen molar-refractivity contribution >= 4 is 11.5 Å². The smallest absolute Gasteiger partial charge is 0.341 e. The number of fused-ring (bicyclic) bond motifs is 2. The Balaban J connectivity index is 2.20. The summed E-state index contributed by atoms with van der Waals surface area (Å²) in [6, 6.07) is 8.10. The number of carboxylic acid groups (broad SMARTS) is 1. The average molecular weight is 369 g/mol. The minimum atomic E-state index is -1.41. The SMILES string of the molecule is CC(C)(C)Oc1c(F)cn2c(=O)c(C(=O)O)cc3c2c1-c1ccccc1O3. The van der Waals surface area contributed by atoms with E-state index >= 15 is 0 Å². The van der Waals surface area contributed by atoms with Crippen molar-refractivity contribution in [2.45, 2.75) is 26.4 Å². The van der Waals surface area contributed by atoms with Gasteiger partial charge in [0, 0.05) is 11.6 Å². The van der Waals surface area contributed by atoms with E-state index in [9.17, 15) is 19.1 Å². The molecule has 0 saturated heterocycles. The molecule has 0 atom stereocenters. The molecule has 138 valence electrons. The van der Waals surface area contributed by atoms with Gasteiger partial charge in [0.15, 0.2) is 17.3 Å². The topological polar surface area (TPSA) is 77.2 Å². The highest BCUT2D eigenvalue weighted by Gasteiger charge is 2.31. The van der Waals surface area contributed by atoms with E-state index in [1.54, 1.807) is 45.0 Å². The maximum atomic E-state index is 15.0. The molecule has 7 heteroatoms. The Morgan fingerprint density at radius 1 is 1.22 bits per heavy atom. The van der Waals surface area contributed by atoms with Crippen molar-refractivity contribution in [2.24, 2.45) is 0 Å². The number of hydrogen-bond acceptors (Lipinski definition) is 4. The van der Waals surface area contributed by atoms with E-state index in [0.29, 0.717) is 16.9 Å². The highest BCUT2D eigenvalue weighted by Crippen LogP contribution is 2.49. The second-order valence-corrected chi connectivity index (χ2v) is 7.24. The molecule has 27 heavy (non-hydrogen) atoms. The zero-order valence-electron chi connectivity index (χ0n) is 14.9. The third-order valence-corrected chi connectivity index (χ3v) is 4.14. The first kappa shape index (κ1) is 17.1. The summed E-state index contributed by atoms with van der Waals surface area (Å²) in [6.45, 7) is 5.36. The van der Waals surface area contributed by atoms with Crippen molar-refractivity contribution in [3.63, 3.8) is 0 Å². The molecule has 0 spiro atoms. The molecule has 2 aromatic heterocycles. The van der Waals surface area contributed by atoms with E-state index in [4.69, 9.17) is 9.47 Å². The molecule has 3 heterocycles. The molecule has 3 aromatic rings. The van der Waals surface area contributed by atoms with Gasteiger partial charge in [-0.05, 0) is 26.8 Å². The standard InChI is InChI=1S/C20H16FNO5/c1-20(2,3)27-17-12(21)9-22-16-14(8-11(18(22)23)19(24)25)26-13-7-5-4-6-10(13)15(16)17/h4-9H,1-3H3,(H,24,25). The number of pyridine rings is 2. The molecule has 1 N–H and O–H groups in total. The predicted octanol–water partition coefficient (Wildman–Crippen LogP) is 4.09. The van der Waals surface area contributed by atoms with E-state index in [-0.39, 0.29) is 17.0 Å². The summed E-state index contributed by atoms with van der Waals surface area (Å²) >= 11 is 0. The van der Waals surface area contributed by atoms with Crippen molar-refractivity contribution in [1.29, 1.82) is 0 Å². The van der Waals surface area contributed by atoms with E-state index < -0.39 is 28.5 Å². The van der Waals surface area contributed by atoms with E-state index in [1.165, 1.54) is 0 Å². The molecule has 1 aromatic carbocycles. The van der Waals surface area contributed by atoms with Crippen molar-refractivity contribution in [3.05, 3.63) is 58.3 Å². The number of aromatic carboxylic acids is 1. The van der Waals surface area contributed by atoms with Crippen LogP contribution in [0.5, 0.6) is 17.2 Å². The lowest BCUT2D eigenvalue weighted by Crippen LogP contribution is -2.27. The zero-order valence-corrected chi connectivity index (χ0v) is 14.9. The van der Waals surface area contributed by atoms with Crippen LogP contribution in [0.3, 0.4) is 0 Å². The maximum Gasteiger partial charge on any atom is 0.341 e. The fourth-order valence-corrected chi connectivity index (χ4v) is 3.14. The van der Waals surface area contributed by atoms with Crippen molar-refractivity contribution in [2.75, 3.05) is 0 Å². The molecule has 0 unspecified atom stereocenters. The minimum Gasteiger partial charge on any atom is -0.484 e. The number of para-hydroxylation sites is 1. The molecular weight excluding hydrogens is 353 g/mol. The summed E-state index contributed by atoms with van der Waals surface area (Å²) in [6.07, 6.45) is 0.940. The van der Waals surface area contributed by atoms with Crippen LogP contribution < -0.4 is 15.0 Å². The second kappa shape index (κ2) is 5.57. The third kappa shape index (κ3) is 2.63. The lowest BCUT2D eigenvalue weighted by atomic mass is 9.98. The number of nitrogens with zero attached hydrogens (tertiary/aromatic N) is 1. The highest BCUT2D eigenvalue weighted by atomic mass is 19.1. The molecule has 6 nitrogen and oxygen atoms in total. The summed E-state index contributed by atoms with van der Waals surface area (Å²) in [7, 11) is 0. The van der Waals surface area contributed by atoms with Gasteiger partial charge in [0.1, 0.15) is 22.4 Å². The lowest BCUT2D eigenvalue weighted by molar-refractivity contribution is 0.0694. The van der Waals surface area contributed by atoms with Crippen LogP contribution in [-0.4, -0.2) is 21.1 Å². The Hall–Kier alpha value is -3.35. The summed E-state index contributed by atoms with van der Waals surface area (Å²) in [5.74, 6) is -1.61. The van der Waals surface area contributed by atoms with E-state index in [1.807, 2.05) is 0 Å². The molecule has 4 rings (SSSR count). The lowest BCUT2D eigenvalue weighted by Gasteiger charge is -2.28. The first-order chi connectivity index (χ1) is 12.7. The average Bonchev–Trinajstić information content (AvgIpc) is 2.58. The molecule has 1 aliphatic rings. The summed E-state index contributed by atoms with van der Waals surface area (Å²) < 4.78 is 27.6. The quantitative estimate of drug-likeness (QED) is 0.576. The number of ether oxygens (including phenoxy) is 2. The molecule has 0 saturated carbocycles. The normalized spacial score (nSPS) is 12.4. The molecule has 0 radical (unpaired) electrons. The van der Waals surface area contributed by atoms with Crippen LogP contribution in [-0.2, 0) is 0 Å². The van der Waals surface area contributed by atoms with Gasteiger partial charge >= 0.3 is 5.97 Å². The van der Waals surface area contributed by atoms with Crippen molar-refractivity contribution in [3.8, 4) is 28.4 Å². The number of carboxylic acids is 1. The first-order valence-electron chi connectivity index (χ1n) is 8.29. The van der Waals surface area contributed by atoms with Crippen LogP contribution in [0.15, 0.2) is 41.3 Å². The Labute approximate surface area is 153 Å². The molecule has 0 bridgehead atoms. The van der Waals surface area contributed by atoms with Crippen molar-refractivity contribution < 1.29 is 23.8 Å². The van der Waals surface area contributed by atoms with Crippen molar-refractivity contribution in [1.82, 2.24) is 4.40 Å². The molecular formula is C20H16FNO5.